The van der Waals surface area contributed by atoms with Crippen LogP contribution in [0.2, 0.25) is 10.0 Å². The monoisotopic (exact) mass is 329 g/mol. The summed E-state index contributed by atoms with van der Waals surface area (Å²) >= 11 is 11.4. The van der Waals surface area contributed by atoms with Gasteiger partial charge in [0.2, 0.25) is 10.0 Å². The van der Waals surface area contributed by atoms with Crippen molar-refractivity contribution >= 4 is 33.2 Å². The molecule has 0 heterocycles. The molecular formula is C10H13Cl2NO5S. The maximum Gasteiger partial charge on any atom is 0.244 e. The quantitative estimate of drug-likeness (QED) is 0.774. The minimum absolute atomic E-state index is 0.0956. The number of rotatable bonds is 6. The van der Waals surface area contributed by atoms with Crippen LogP contribution in [0.25, 0.3) is 0 Å². The second-order valence-corrected chi connectivity index (χ2v) is 6.07. The molecule has 6 nitrogen and oxygen atoms in total. The van der Waals surface area contributed by atoms with E-state index in [-0.39, 0.29) is 16.6 Å². The largest absolute Gasteiger partial charge is 0.505 e. The molecule has 0 unspecified atom stereocenters. The number of halogens is 2. The van der Waals surface area contributed by atoms with Gasteiger partial charge < -0.3 is 14.6 Å². The number of phenols is 1. The van der Waals surface area contributed by atoms with Gasteiger partial charge in [0, 0.05) is 19.2 Å². The van der Waals surface area contributed by atoms with E-state index >= 15 is 0 Å². The Kier molecular flexibility index (Phi) is 5.84. The van der Waals surface area contributed by atoms with Gasteiger partial charge >= 0.3 is 0 Å². The molecule has 0 spiro atoms. The Morgan fingerprint density at radius 3 is 2.42 bits per heavy atom. The predicted molar refractivity (Wildman–Crippen MR) is 71.1 cm³/mol. The maximum absolute atomic E-state index is 12.0. The molecule has 0 amide bonds. The van der Waals surface area contributed by atoms with Crippen molar-refractivity contribution in [1.29, 1.82) is 0 Å². The van der Waals surface area contributed by atoms with Gasteiger partial charge in [-0.3, -0.25) is 0 Å². The van der Waals surface area contributed by atoms with Gasteiger partial charge in [-0.25, -0.2) is 13.1 Å². The van der Waals surface area contributed by atoms with Crippen molar-refractivity contribution in [3.8, 4) is 5.75 Å². The van der Waals surface area contributed by atoms with Crippen molar-refractivity contribution < 1.29 is 23.0 Å². The van der Waals surface area contributed by atoms with Crippen molar-refractivity contribution in [3.63, 3.8) is 0 Å². The summed E-state index contributed by atoms with van der Waals surface area (Å²) in [5, 5.41) is 9.61. The minimum Gasteiger partial charge on any atom is -0.505 e. The highest BCUT2D eigenvalue weighted by Crippen LogP contribution is 2.33. The number of aromatic hydroxyl groups is 1. The summed E-state index contributed by atoms with van der Waals surface area (Å²) in [7, 11) is -1.24. The molecule has 2 N–H and O–H groups in total. The fourth-order valence-corrected chi connectivity index (χ4v) is 3.04. The number of nitrogens with one attached hydrogen (secondary N) is 1. The Hall–Kier alpha value is -0.570. The van der Waals surface area contributed by atoms with Crippen LogP contribution in [0, 0.1) is 0 Å². The maximum atomic E-state index is 12.0. The molecule has 0 radical (unpaired) electrons. The summed E-state index contributed by atoms with van der Waals surface area (Å²) in [6, 6.07) is 2.34. The zero-order chi connectivity index (χ0) is 14.6. The molecule has 19 heavy (non-hydrogen) atoms. The normalized spacial score (nSPS) is 12.1. The van der Waals surface area contributed by atoms with Crippen LogP contribution in [0.1, 0.15) is 0 Å². The molecule has 1 rings (SSSR count). The molecule has 1 aromatic carbocycles. The molecular weight excluding hydrogens is 317 g/mol. The van der Waals surface area contributed by atoms with Gasteiger partial charge in [-0.05, 0) is 12.1 Å². The lowest BCUT2D eigenvalue weighted by Gasteiger charge is -2.15. The van der Waals surface area contributed by atoms with Crippen LogP contribution in [-0.4, -0.2) is 40.6 Å². The summed E-state index contributed by atoms with van der Waals surface area (Å²) in [6.45, 7) is -0.126. The first-order valence-electron chi connectivity index (χ1n) is 5.05. The van der Waals surface area contributed by atoms with Crippen LogP contribution < -0.4 is 4.72 Å². The third kappa shape index (κ3) is 4.20. The summed E-state index contributed by atoms with van der Waals surface area (Å²) < 4.78 is 35.9. The number of phenolic OH excluding ortho intramolecular Hbond substituents is 1. The van der Waals surface area contributed by atoms with Crippen LogP contribution in [0.3, 0.4) is 0 Å². The highest BCUT2D eigenvalue weighted by Gasteiger charge is 2.22. The molecule has 0 bridgehead atoms. The van der Waals surface area contributed by atoms with Crippen LogP contribution in [0.15, 0.2) is 17.0 Å². The summed E-state index contributed by atoms with van der Waals surface area (Å²) in [6.07, 6.45) is -0.744. The topological polar surface area (TPSA) is 84.9 Å². The van der Waals surface area contributed by atoms with E-state index in [0.29, 0.717) is 0 Å². The number of methoxy groups -OCH3 is 2. The van der Waals surface area contributed by atoms with Crippen molar-refractivity contribution in [3.05, 3.63) is 22.2 Å². The third-order valence-corrected chi connectivity index (χ3v) is 4.19. The van der Waals surface area contributed by atoms with Crippen LogP contribution >= 0.6 is 23.2 Å². The van der Waals surface area contributed by atoms with E-state index in [9.17, 15) is 13.5 Å². The summed E-state index contributed by atoms with van der Waals surface area (Å²) in [5.74, 6) is -0.565. The molecule has 0 aliphatic carbocycles. The predicted octanol–water partition coefficient (Wildman–Crippen LogP) is 1.60. The fraction of sp³-hybridized carbons (Fsp3) is 0.400. The lowest BCUT2D eigenvalue weighted by Crippen LogP contribution is -2.34. The Morgan fingerprint density at radius 1 is 1.32 bits per heavy atom. The number of hydrogen-bond donors (Lipinski definition) is 2. The number of benzene rings is 1. The lowest BCUT2D eigenvalue weighted by molar-refractivity contribution is -0.0960. The Labute approximate surface area is 121 Å². The lowest BCUT2D eigenvalue weighted by atomic mass is 10.3. The van der Waals surface area contributed by atoms with Gasteiger partial charge in [0.05, 0.1) is 11.6 Å². The van der Waals surface area contributed by atoms with Crippen molar-refractivity contribution in [1.82, 2.24) is 4.72 Å². The van der Waals surface area contributed by atoms with Gasteiger partial charge in [-0.15, -0.1) is 0 Å². The molecule has 0 aromatic heterocycles. The molecule has 0 saturated heterocycles. The molecule has 9 heteroatoms. The highest BCUT2D eigenvalue weighted by molar-refractivity contribution is 7.89. The molecule has 0 aliphatic rings. The first-order valence-corrected chi connectivity index (χ1v) is 7.29. The first-order chi connectivity index (χ1) is 8.81. The molecule has 0 aliphatic heterocycles. The Bertz CT molecular complexity index is 545. The molecule has 0 saturated carbocycles. The van der Waals surface area contributed by atoms with E-state index in [0.717, 1.165) is 6.07 Å². The molecule has 108 valence electrons. The van der Waals surface area contributed by atoms with Gasteiger partial charge in [0.1, 0.15) is 4.90 Å². The van der Waals surface area contributed by atoms with Gasteiger partial charge in [-0.1, -0.05) is 23.2 Å². The zero-order valence-corrected chi connectivity index (χ0v) is 12.5. The average Bonchev–Trinajstić information content (AvgIpc) is 2.34. The second kappa shape index (κ2) is 6.74. The fourth-order valence-electron chi connectivity index (χ4n) is 1.27. The van der Waals surface area contributed by atoms with Gasteiger partial charge in [0.25, 0.3) is 0 Å². The van der Waals surface area contributed by atoms with Gasteiger partial charge in [0.15, 0.2) is 12.0 Å². The van der Waals surface area contributed by atoms with Crippen molar-refractivity contribution in [2.24, 2.45) is 0 Å². The Balaban J connectivity index is 3.01. The summed E-state index contributed by atoms with van der Waals surface area (Å²) in [4.78, 5) is -0.407. The average molecular weight is 330 g/mol. The smallest absolute Gasteiger partial charge is 0.244 e. The second-order valence-electron chi connectivity index (χ2n) is 3.49. The molecule has 0 atom stereocenters. The van der Waals surface area contributed by atoms with E-state index in [4.69, 9.17) is 32.7 Å². The van der Waals surface area contributed by atoms with Crippen molar-refractivity contribution in [2.45, 2.75) is 11.2 Å². The van der Waals surface area contributed by atoms with Crippen LogP contribution in [-0.2, 0) is 19.5 Å². The number of ether oxygens (including phenoxy) is 2. The molecule has 1 aromatic rings. The highest BCUT2D eigenvalue weighted by atomic mass is 35.5. The summed E-state index contributed by atoms with van der Waals surface area (Å²) in [5.41, 5.74) is 0. The van der Waals surface area contributed by atoms with E-state index in [1.54, 1.807) is 0 Å². The Morgan fingerprint density at radius 2 is 1.89 bits per heavy atom. The van der Waals surface area contributed by atoms with Crippen LogP contribution in [0.5, 0.6) is 5.75 Å². The van der Waals surface area contributed by atoms with Crippen LogP contribution in [0.4, 0.5) is 0 Å². The van der Waals surface area contributed by atoms with E-state index in [1.807, 2.05) is 0 Å². The van der Waals surface area contributed by atoms with E-state index < -0.39 is 27.0 Å². The third-order valence-electron chi connectivity index (χ3n) is 2.25. The minimum atomic E-state index is -3.98. The first kappa shape index (κ1) is 16.5. The number of hydrogen-bond acceptors (Lipinski definition) is 5. The SMILES string of the molecule is COC(CNS(=O)(=O)c1cc(Cl)cc(Cl)c1O)OC. The van der Waals surface area contributed by atoms with Gasteiger partial charge in [-0.2, -0.15) is 0 Å². The van der Waals surface area contributed by atoms with E-state index in [2.05, 4.69) is 4.72 Å². The number of sulfonamides is 1. The zero-order valence-electron chi connectivity index (χ0n) is 10.2. The van der Waals surface area contributed by atoms with E-state index in [1.165, 1.54) is 20.3 Å². The van der Waals surface area contributed by atoms with Crippen molar-refractivity contribution in [2.75, 3.05) is 20.8 Å². The standard InChI is InChI=1S/C10H13Cl2NO5S/c1-17-9(18-2)5-13-19(15,16)8-4-6(11)3-7(12)10(8)14/h3-4,9,13-14H,5H2,1-2H3. The molecule has 0 fully saturated rings.